The zero-order valence-corrected chi connectivity index (χ0v) is 31.6. The lowest BCUT2D eigenvalue weighted by Crippen LogP contribution is -2.54. The number of carbonyl (C=O) groups is 3. The van der Waals surface area contributed by atoms with Crippen molar-refractivity contribution >= 4 is 57.9 Å². The molecule has 0 radical (unpaired) electrons. The maximum atomic E-state index is 14.4. The molecule has 0 bridgehead atoms. The molecule has 0 aromatic heterocycles. The van der Waals surface area contributed by atoms with Gasteiger partial charge in [-0.3, -0.25) is 14.9 Å². The van der Waals surface area contributed by atoms with Gasteiger partial charge in [0.2, 0.25) is 0 Å². The van der Waals surface area contributed by atoms with Crippen LogP contribution in [-0.2, 0) is 16.2 Å². The first-order chi connectivity index (χ1) is 25.8. The molecule has 3 aliphatic rings. The van der Waals surface area contributed by atoms with Crippen LogP contribution in [-0.4, -0.2) is 38.0 Å². The van der Waals surface area contributed by atoms with Crippen LogP contribution >= 0.6 is 22.6 Å². The highest BCUT2D eigenvalue weighted by atomic mass is 127. The average Bonchev–Trinajstić information content (AvgIpc) is 3.17. The van der Waals surface area contributed by atoms with Gasteiger partial charge in [-0.05, 0) is 106 Å². The highest BCUT2D eigenvalue weighted by Crippen LogP contribution is 2.50. The Labute approximate surface area is 322 Å². The maximum absolute atomic E-state index is 14.4. The molecule has 0 spiro atoms. The number of hydrogen-bond donors (Lipinski definition) is 1. The third kappa shape index (κ3) is 6.70. The number of nitrogens with zero attached hydrogens (tertiary/aromatic N) is 2. The van der Waals surface area contributed by atoms with Crippen LogP contribution in [0.1, 0.15) is 63.6 Å². The Balaban J connectivity index is 1.18. The number of imide groups is 2. The van der Waals surface area contributed by atoms with Crippen molar-refractivity contribution in [3.05, 3.63) is 157 Å². The standard InChI is InChI=1S/C44H38IN3O5/c1-27-13-15-28(16-14-27)26-53-41-38(45)22-29(23-39(41)52-2)21-37-42(49)46-44(51)48(43(37)50)32-24-35-33(30-9-5-3-6-10-30)17-19-47-20-18-34(36(25-32)40(35)47)31-11-7-4-8-12-31/h3-16,21-25,33-34H,17-20,26H2,1-2H3,(H,46,49,51)/b37-21+/t33-,34-/m0/s1. The number of barbiturate groups is 1. The summed E-state index contributed by atoms with van der Waals surface area (Å²) in [6, 6.07) is 35.7. The van der Waals surface area contributed by atoms with E-state index >= 15 is 0 Å². The van der Waals surface area contributed by atoms with Crippen molar-refractivity contribution in [1.29, 1.82) is 0 Å². The normalized spacial score (nSPS) is 18.8. The molecule has 0 aliphatic carbocycles. The molecule has 8 nitrogen and oxygen atoms in total. The Bertz CT molecular complexity index is 2180. The lowest BCUT2D eigenvalue weighted by atomic mass is 9.76. The van der Waals surface area contributed by atoms with Crippen LogP contribution in [0.25, 0.3) is 6.08 Å². The van der Waals surface area contributed by atoms with E-state index in [1.165, 1.54) is 28.5 Å². The zero-order chi connectivity index (χ0) is 36.6. The minimum Gasteiger partial charge on any atom is -0.493 e. The summed E-state index contributed by atoms with van der Waals surface area (Å²) in [4.78, 5) is 45.0. The van der Waals surface area contributed by atoms with E-state index in [0.717, 1.165) is 51.1 Å². The minimum absolute atomic E-state index is 0.0801. The second-order valence-corrected chi connectivity index (χ2v) is 14.9. The van der Waals surface area contributed by atoms with E-state index in [2.05, 4.69) is 57.1 Å². The number of hydrogen-bond acceptors (Lipinski definition) is 6. The fraction of sp³-hybridized carbons (Fsp3) is 0.205. The van der Waals surface area contributed by atoms with Crippen molar-refractivity contribution in [3.8, 4) is 11.5 Å². The molecule has 3 heterocycles. The van der Waals surface area contributed by atoms with Crippen molar-refractivity contribution in [3.63, 3.8) is 0 Å². The van der Waals surface area contributed by atoms with Crippen molar-refractivity contribution in [2.24, 2.45) is 0 Å². The van der Waals surface area contributed by atoms with E-state index in [0.29, 0.717) is 29.4 Å². The summed E-state index contributed by atoms with van der Waals surface area (Å²) in [5.74, 6) is -0.252. The monoisotopic (exact) mass is 815 g/mol. The lowest BCUT2D eigenvalue weighted by Gasteiger charge is -2.44. The highest BCUT2D eigenvalue weighted by molar-refractivity contribution is 14.1. The molecular formula is C44H38IN3O5. The molecule has 3 aliphatic heterocycles. The molecule has 53 heavy (non-hydrogen) atoms. The van der Waals surface area contributed by atoms with Crippen molar-refractivity contribution in [1.82, 2.24) is 5.32 Å². The van der Waals surface area contributed by atoms with E-state index in [1.807, 2.05) is 85.8 Å². The summed E-state index contributed by atoms with van der Waals surface area (Å²) in [7, 11) is 1.55. The van der Waals surface area contributed by atoms with Gasteiger partial charge in [-0.15, -0.1) is 0 Å². The van der Waals surface area contributed by atoms with E-state index in [9.17, 15) is 14.4 Å². The quantitative estimate of drug-likeness (QED) is 0.0959. The summed E-state index contributed by atoms with van der Waals surface area (Å²) in [6.07, 6.45) is 3.32. The van der Waals surface area contributed by atoms with Gasteiger partial charge in [-0.1, -0.05) is 90.5 Å². The van der Waals surface area contributed by atoms with Gasteiger partial charge in [-0.25, -0.2) is 9.69 Å². The van der Waals surface area contributed by atoms with E-state index in [-0.39, 0.29) is 17.4 Å². The Kier molecular flexibility index (Phi) is 9.51. The van der Waals surface area contributed by atoms with Crippen molar-refractivity contribution < 1.29 is 23.9 Å². The fourth-order valence-electron chi connectivity index (χ4n) is 7.83. The minimum atomic E-state index is -0.771. The molecule has 5 aromatic rings. The smallest absolute Gasteiger partial charge is 0.335 e. The molecule has 266 valence electrons. The van der Waals surface area contributed by atoms with Crippen LogP contribution in [0.5, 0.6) is 11.5 Å². The molecule has 5 aromatic carbocycles. The number of nitrogens with one attached hydrogen (secondary N) is 1. The van der Waals surface area contributed by atoms with Gasteiger partial charge in [0.1, 0.15) is 12.2 Å². The van der Waals surface area contributed by atoms with Crippen LogP contribution in [0, 0.1) is 10.5 Å². The zero-order valence-electron chi connectivity index (χ0n) is 29.5. The predicted octanol–water partition coefficient (Wildman–Crippen LogP) is 8.73. The number of benzene rings is 5. The summed E-state index contributed by atoms with van der Waals surface area (Å²) < 4.78 is 12.6. The molecule has 0 unspecified atom stereocenters. The van der Waals surface area contributed by atoms with Crippen LogP contribution in [0.15, 0.2) is 115 Å². The number of rotatable bonds is 8. The van der Waals surface area contributed by atoms with Gasteiger partial charge in [0.25, 0.3) is 11.8 Å². The Morgan fingerprint density at radius 3 is 2.00 bits per heavy atom. The lowest BCUT2D eigenvalue weighted by molar-refractivity contribution is -0.122. The number of methoxy groups -OCH3 is 1. The Morgan fingerprint density at radius 1 is 0.811 bits per heavy atom. The average molecular weight is 816 g/mol. The first-order valence-electron chi connectivity index (χ1n) is 17.8. The third-order valence-corrected chi connectivity index (χ3v) is 11.2. The maximum Gasteiger partial charge on any atom is 0.335 e. The van der Waals surface area contributed by atoms with Gasteiger partial charge in [0, 0.05) is 30.6 Å². The number of halogens is 1. The molecule has 1 saturated heterocycles. The van der Waals surface area contributed by atoms with E-state index in [1.54, 1.807) is 13.2 Å². The molecular weight excluding hydrogens is 777 g/mol. The van der Waals surface area contributed by atoms with Gasteiger partial charge in [0.05, 0.1) is 16.4 Å². The first kappa shape index (κ1) is 34.7. The van der Waals surface area contributed by atoms with Crippen LogP contribution in [0.2, 0.25) is 0 Å². The van der Waals surface area contributed by atoms with E-state index < -0.39 is 17.8 Å². The topological polar surface area (TPSA) is 88.2 Å². The van der Waals surface area contributed by atoms with Crippen LogP contribution in [0.4, 0.5) is 16.2 Å². The number of aryl methyl sites for hydroxylation is 1. The van der Waals surface area contributed by atoms with Crippen LogP contribution < -0.4 is 24.6 Å². The van der Waals surface area contributed by atoms with Crippen molar-refractivity contribution in [2.45, 2.75) is 38.2 Å². The van der Waals surface area contributed by atoms with E-state index in [4.69, 9.17) is 9.47 Å². The summed E-state index contributed by atoms with van der Waals surface area (Å²) >= 11 is 2.16. The first-order valence-corrected chi connectivity index (χ1v) is 18.9. The molecule has 9 heteroatoms. The largest absolute Gasteiger partial charge is 0.493 e. The van der Waals surface area contributed by atoms with Gasteiger partial charge < -0.3 is 14.4 Å². The third-order valence-electron chi connectivity index (χ3n) is 10.4. The van der Waals surface area contributed by atoms with Gasteiger partial charge in [-0.2, -0.15) is 0 Å². The number of amides is 4. The molecule has 2 atom stereocenters. The number of anilines is 2. The summed E-state index contributed by atoms with van der Waals surface area (Å²) in [5.41, 5.74) is 8.76. The fourth-order valence-corrected chi connectivity index (χ4v) is 8.61. The SMILES string of the molecule is COc1cc(/C=C2\C(=O)NC(=O)N(c3cc4c5c(c3)[C@H](c3ccccc3)CCN5CC[C@H]4c3ccccc3)C2=O)cc(I)c1OCc1ccc(C)cc1. The molecule has 1 fully saturated rings. The molecule has 4 amide bonds. The van der Waals surface area contributed by atoms with Crippen molar-refractivity contribution in [2.75, 3.05) is 30.0 Å². The summed E-state index contributed by atoms with van der Waals surface area (Å²) in [6.45, 7) is 4.23. The number of carbonyl (C=O) groups excluding carboxylic acids is 3. The highest BCUT2D eigenvalue weighted by Gasteiger charge is 2.40. The Hall–Kier alpha value is -5.42. The molecule has 1 N–H and O–H groups in total. The Morgan fingerprint density at radius 2 is 1.42 bits per heavy atom. The molecule has 8 rings (SSSR count). The predicted molar refractivity (Wildman–Crippen MR) is 215 cm³/mol. The van der Waals surface area contributed by atoms with Gasteiger partial charge in [0.15, 0.2) is 11.5 Å². The second kappa shape index (κ2) is 14.5. The van der Waals surface area contributed by atoms with Crippen LogP contribution in [0.3, 0.4) is 0 Å². The van der Waals surface area contributed by atoms with Gasteiger partial charge >= 0.3 is 6.03 Å². The number of ether oxygens (including phenoxy) is 2. The summed E-state index contributed by atoms with van der Waals surface area (Å²) in [5, 5.41) is 2.44. The second-order valence-electron chi connectivity index (χ2n) is 13.7. The number of urea groups is 1. The molecule has 0 saturated carbocycles.